The Labute approximate surface area is 183 Å². The van der Waals surface area contributed by atoms with Crippen LogP contribution in [0.3, 0.4) is 0 Å². The van der Waals surface area contributed by atoms with Gasteiger partial charge in [-0.25, -0.2) is 13.2 Å². The van der Waals surface area contributed by atoms with Crippen LogP contribution in [0.2, 0.25) is 0 Å². The lowest BCUT2D eigenvalue weighted by molar-refractivity contribution is 0.102. The number of nitrogens with one attached hydrogen (secondary N) is 1. The second kappa shape index (κ2) is 8.67. The molecule has 0 atom stereocenters. The maximum atomic E-state index is 14.7. The van der Waals surface area contributed by atoms with Crippen molar-refractivity contribution in [3.8, 4) is 22.3 Å². The summed E-state index contributed by atoms with van der Waals surface area (Å²) in [5.41, 5.74) is 3.92. The highest BCUT2D eigenvalue weighted by atomic mass is 19.1. The number of amides is 1. The van der Waals surface area contributed by atoms with E-state index in [1.165, 1.54) is 18.2 Å². The summed E-state index contributed by atoms with van der Waals surface area (Å²) in [6.07, 6.45) is 3.31. The minimum Gasteiger partial charge on any atom is -0.322 e. The van der Waals surface area contributed by atoms with E-state index >= 15 is 0 Å². The van der Waals surface area contributed by atoms with Gasteiger partial charge in [0.05, 0.1) is 5.56 Å². The third kappa shape index (κ3) is 4.12. The number of pyridine rings is 1. The fourth-order valence-corrected chi connectivity index (χ4v) is 3.71. The largest absolute Gasteiger partial charge is 0.322 e. The molecule has 3 nitrogen and oxygen atoms in total. The first-order chi connectivity index (χ1) is 15.3. The molecule has 32 heavy (non-hydrogen) atoms. The molecular formula is C26H19F3N2O. The third-order valence-electron chi connectivity index (χ3n) is 5.27. The minimum atomic E-state index is -0.863. The summed E-state index contributed by atoms with van der Waals surface area (Å²) in [4.78, 5) is 17.2. The van der Waals surface area contributed by atoms with Crippen molar-refractivity contribution >= 4 is 11.6 Å². The van der Waals surface area contributed by atoms with Gasteiger partial charge < -0.3 is 5.32 Å². The number of rotatable bonds is 4. The summed E-state index contributed by atoms with van der Waals surface area (Å²) in [5, 5.41) is 2.73. The van der Waals surface area contributed by atoms with E-state index in [1.807, 2.05) is 38.1 Å². The van der Waals surface area contributed by atoms with Crippen molar-refractivity contribution in [2.24, 2.45) is 0 Å². The zero-order valence-corrected chi connectivity index (χ0v) is 17.4. The normalized spacial score (nSPS) is 10.8. The van der Waals surface area contributed by atoms with Gasteiger partial charge >= 0.3 is 0 Å². The molecule has 0 unspecified atom stereocenters. The van der Waals surface area contributed by atoms with E-state index < -0.39 is 23.4 Å². The minimum absolute atomic E-state index is 0.0234. The van der Waals surface area contributed by atoms with Crippen LogP contribution in [0.25, 0.3) is 22.3 Å². The molecule has 0 bridgehead atoms. The number of aryl methyl sites for hydroxylation is 2. The van der Waals surface area contributed by atoms with Gasteiger partial charge in [0, 0.05) is 35.3 Å². The molecule has 0 aliphatic heterocycles. The Morgan fingerprint density at radius 3 is 2.06 bits per heavy atom. The highest BCUT2D eigenvalue weighted by Crippen LogP contribution is 2.31. The van der Waals surface area contributed by atoms with E-state index in [0.29, 0.717) is 11.6 Å². The average Bonchev–Trinajstić information content (AvgIpc) is 2.76. The summed E-state index contributed by atoms with van der Waals surface area (Å²) < 4.78 is 42.0. The molecular weight excluding hydrogens is 413 g/mol. The Hall–Kier alpha value is -3.93. The molecule has 1 amide bonds. The van der Waals surface area contributed by atoms with Gasteiger partial charge in [0.1, 0.15) is 17.5 Å². The summed E-state index contributed by atoms with van der Waals surface area (Å²) in [6, 6.07) is 14.3. The lowest BCUT2D eigenvalue weighted by Gasteiger charge is -2.16. The molecule has 0 fully saturated rings. The smallest absolute Gasteiger partial charge is 0.256 e. The second-order valence-corrected chi connectivity index (χ2v) is 7.46. The van der Waals surface area contributed by atoms with Crippen LogP contribution in [0.15, 0.2) is 73.1 Å². The summed E-state index contributed by atoms with van der Waals surface area (Å²) in [6.45, 7) is 3.75. The van der Waals surface area contributed by atoms with E-state index in [0.717, 1.165) is 34.4 Å². The van der Waals surface area contributed by atoms with Gasteiger partial charge in [-0.15, -0.1) is 0 Å². The highest BCUT2D eigenvalue weighted by Gasteiger charge is 2.19. The molecule has 0 saturated heterocycles. The van der Waals surface area contributed by atoms with E-state index in [2.05, 4.69) is 10.3 Å². The number of carbonyl (C=O) groups excluding carboxylic acids is 1. The van der Waals surface area contributed by atoms with Gasteiger partial charge in [0.25, 0.3) is 5.91 Å². The molecule has 160 valence electrons. The fraction of sp³-hybridized carbons (Fsp3) is 0.0769. The first-order valence-electron chi connectivity index (χ1n) is 9.92. The highest BCUT2D eigenvalue weighted by molar-refractivity contribution is 6.10. The van der Waals surface area contributed by atoms with Crippen LogP contribution in [0.1, 0.15) is 21.5 Å². The Morgan fingerprint density at radius 2 is 1.41 bits per heavy atom. The van der Waals surface area contributed by atoms with Crippen molar-refractivity contribution in [3.05, 3.63) is 107 Å². The van der Waals surface area contributed by atoms with Gasteiger partial charge in [-0.3, -0.25) is 9.78 Å². The third-order valence-corrected chi connectivity index (χ3v) is 5.27. The zero-order chi connectivity index (χ0) is 22.8. The molecule has 4 rings (SSSR count). The molecule has 4 aromatic rings. The number of aromatic nitrogens is 1. The van der Waals surface area contributed by atoms with Gasteiger partial charge in [0.2, 0.25) is 0 Å². The molecule has 6 heteroatoms. The Balaban J connectivity index is 1.69. The second-order valence-electron chi connectivity index (χ2n) is 7.46. The predicted molar refractivity (Wildman–Crippen MR) is 119 cm³/mol. The molecule has 1 heterocycles. The first kappa shape index (κ1) is 21.3. The average molecular weight is 432 g/mol. The summed E-state index contributed by atoms with van der Waals surface area (Å²) >= 11 is 0. The van der Waals surface area contributed by atoms with Crippen molar-refractivity contribution < 1.29 is 18.0 Å². The Bertz CT molecular complexity index is 1320. The number of carbonyl (C=O) groups is 1. The SMILES string of the molecule is Cc1ccc(C)c(-c2ccncc2)c1C(=O)Nc1ccc(-c2ccc(F)cc2F)c(F)c1. The topological polar surface area (TPSA) is 42.0 Å². The van der Waals surface area contributed by atoms with E-state index in [4.69, 9.17) is 0 Å². The number of nitrogens with zero attached hydrogens (tertiary/aromatic N) is 1. The first-order valence-corrected chi connectivity index (χ1v) is 9.92. The summed E-state index contributed by atoms with van der Waals surface area (Å²) in [5.74, 6) is -2.73. The van der Waals surface area contributed by atoms with Gasteiger partial charge in [0.15, 0.2) is 0 Å². The van der Waals surface area contributed by atoms with Crippen LogP contribution in [-0.4, -0.2) is 10.9 Å². The van der Waals surface area contributed by atoms with Crippen LogP contribution in [-0.2, 0) is 0 Å². The maximum absolute atomic E-state index is 14.7. The summed E-state index contributed by atoms with van der Waals surface area (Å²) in [7, 11) is 0. The van der Waals surface area contributed by atoms with Crippen molar-refractivity contribution in [1.29, 1.82) is 0 Å². The van der Waals surface area contributed by atoms with Crippen molar-refractivity contribution in [2.75, 3.05) is 5.32 Å². The number of hydrogen-bond donors (Lipinski definition) is 1. The predicted octanol–water partition coefficient (Wildman–Crippen LogP) is 6.70. The van der Waals surface area contributed by atoms with Gasteiger partial charge in [-0.2, -0.15) is 0 Å². The number of hydrogen-bond acceptors (Lipinski definition) is 2. The molecule has 0 radical (unpaired) electrons. The molecule has 3 aromatic carbocycles. The Kier molecular flexibility index (Phi) is 5.77. The van der Waals surface area contributed by atoms with E-state index in [1.54, 1.807) is 12.4 Å². The molecule has 1 aromatic heterocycles. The van der Waals surface area contributed by atoms with E-state index in [9.17, 15) is 18.0 Å². The lowest BCUT2D eigenvalue weighted by atomic mass is 9.91. The number of halogens is 3. The van der Waals surface area contributed by atoms with Crippen LogP contribution < -0.4 is 5.32 Å². The molecule has 0 spiro atoms. The Morgan fingerprint density at radius 1 is 0.781 bits per heavy atom. The van der Waals surface area contributed by atoms with Gasteiger partial charge in [-0.1, -0.05) is 12.1 Å². The van der Waals surface area contributed by atoms with Crippen LogP contribution >= 0.6 is 0 Å². The van der Waals surface area contributed by atoms with Crippen molar-refractivity contribution in [2.45, 2.75) is 13.8 Å². The van der Waals surface area contributed by atoms with E-state index in [-0.39, 0.29) is 16.8 Å². The van der Waals surface area contributed by atoms with Crippen molar-refractivity contribution in [1.82, 2.24) is 4.98 Å². The van der Waals surface area contributed by atoms with Crippen LogP contribution in [0.4, 0.5) is 18.9 Å². The van der Waals surface area contributed by atoms with Crippen molar-refractivity contribution in [3.63, 3.8) is 0 Å². The monoisotopic (exact) mass is 432 g/mol. The maximum Gasteiger partial charge on any atom is 0.256 e. The molecule has 0 saturated carbocycles. The number of benzene rings is 3. The fourth-order valence-electron chi connectivity index (χ4n) is 3.71. The van der Waals surface area contributed by atoms with Crippen LogP contribution in [0, 0.1) is 31.3 Å². The lowest BCUT2D eigenvalue weighted by Crippen LogP contribution is -2.15. The molecule has 1 N–H and O–H groups in total. The molecule has 0 aliphatic carbocycles. The number of anilines is 1. The quantitative estimate of drug-likeness (QED) is 0.390. The molecule has 0 aliphatic rings. The standard InChI is InChI=1S/C26H19F3N2O/c1-15-3-4-16(2)25(24(15)17-9-11-30-12-10-17)26(32)31-19-6-8-21(23(29)14-19)20-7-5-18(27)13-22(20)28/h3-14H,1-2H3,(H,31,32). The zero-order valence-electron chi connectivity index (χ0n) is 17.4. The van der Waals surface area contributed by atoms with Crippen LogP contribution in [0.5, 0.6) is 0 Å². The van der Waals surface area contributed by atoms with Gasteiger partial charge in [-0.05, 0) is 78.6 Å².